The van der Waals surface area contributed by atoms with Crippen LogP contribution >= 0.6 is 0 Å². The summed E-state index contributed by atoms with van der Waals surface area (Å²) >= 11 is 0. The van der Waals surface area contributed by atoms with E-state index in [0.717, 1.165) is 23.8 Å². The Bertz CT molecular complexity index is 328. The average molecular weight is 209 g/mol. The van der Waals surface area contributed by atoms with Gasteiger partial charge in [-0.2, -0.15) is 0 Å². The molecule has 1 N–H and O–H groups in total. The van der Waals surface area contributed by atoms with Crippen molar-refractivity contribution >= 4 is 5.82 Å². The number of aliphatic hydroxyl groups excluding tert-OH is 1. The number of aromatic nitrogens is 2. The van der Waals surface area contributed by atoms with Crippen LogP contribution in [0.2, 0.25) is 0 Å². The van der Waals surface area contributed by atoms with Gasteiger partial charge in [-0.3, -0.25) is 0 Å². The Morgan fingerprint density at radius 2 is 2.13 bits per heavy atom. The lowest BCUT2D eigenvalue weighted by atomic mass is 10.2. The summed E-state index contributed by atoms with van der Waals surface area (Å²) < 4.78 is 0. The van der Waals surface area contributed by atoms with Crippen LogP contribution in [0.15, 0.2) is 6.07 Å². The normalized spacial score (nSPS) is 12.6. The second kappa shape index (κ2) is 5.07. The molecule has 0 spiro atoms. The molecule has 0 radical (unpaired) electrons. The summed E-state index contributed by atoms with van der Waals surface area (Å²) in [7, 11) is 1.93. The van der Waals surface area contributed by atoms with Crippen LogP contribution in [0.1, 0.15) is 25.4 Å². The molecule has 1 aromatic rings. The van der Waals surface area contributed by atoms with Gasteiger partial charge in [-0.05, 0) is 20.3 Å². The first-order chi connectivity index (χ1) is 7.08. The van der Waals surface area contributed by atoms with Crippen LogP contribution in [0.25, 0.3) is 0 Å². The number of nitrogens with zero attached hydrogens (tertiary/aromatic N) is 3. The Balaban J connectivity index is 2.97. The van der Waals surface area contributed by atoms with Crippen LogP contribution in [-0.4, -0.2) is 34.8 Å². The van der Waals surface area contributed by atoms with E-state index in [2.05, 4.69) is 16.9 Å². The topological polar surface area (TPSA) is 49.2 Å². The minimum absolute atomic E-state index is 0.0732. The molecule has 84 valence electrons. The van der Waals surface area contributed by atoms with E-state index in [0.29, 0.717) is 0 Å². The third kappa shape index (κ3) is 2.89. The highest BCUT2D eigenvalue weighted by atomic mass is 16.3. The third-order valence-corrected chi connectivity index (χ3v) is 2.53. The van der Waals surface area contributed by atoms with Gasteiger partial charge in [-0.1, -0.05) is 6.92 Å². The lowest BCUT2D eigenvalue weighted by Crippen LogP contribution is -2.32. The fraction of sp³-hybridized carbons (Fsp3) is 0.636. The second-order valence-corrected chi connectivity index (χ2v) is 3.76. The first-order valence-corrected chi connectivity index (χ1v) is 5.26. The average Bonchev–Trinajstić information content (AvgIpc) is 2.26. The number of likely N-dealkylation sites (N-methyl/N-ethyl adjacent to an activating group) is 1. The number of hydrogen-bond donors (Lipinski definition) is 1. The molecule has 0 bridgehead atoms. The molecule has 0 amide bonds. The van der Waals surface area contributed by atoms with Crippen molar-refractivity contribution in [3.63, 3.8) is 0 Å². The molecule has 0 saturated heterocycles. The molecule has 1 atom stereocenters. The van der Waals surface area contributed by atoms with Crippen LogP contribution in [-0.2, 0) is 6.42 Å². The third-order valence-electron chi connectivity index (χ3n) is 2.53. The summed E-state index contributed by atoms with van der Waals surface area (Å²) in [5, 5.41) is 9.08. The van der Waals surface area contributed by atoms with Crippen LogP contribution in [0, 0.1) is 6.92 Å². The van der Waals surface area contributed by atoms with Crippen molar-refractivity contribution < 1.29 is 5.11 Å². The standard InChI is InChI=1S/C11H19N3O/c1-5-10-6-11(13-9(3)12-10)14(4)8(2)7-15/h6,8,15H,5,7H2,1-4H3. The Morgan fingerprint density at radius 3 is 2.67 bits per heavy atom. The monoisotopic (exact) mass is 209 g/mol. The Morgan fingerprint density at radius 1 is 1.47 bits per heavy atom. The zero-order valence-electron chi connectivity index (χ0n) is 9.86. The summed E-state index contributed by atoms with van der Waals surface area (Å²) in [6, 6.07) is 2.04. The zero-order valence-corrected chi connectivity index (χ0v) is 9.86. The summed E-state index contributed by atoms with van der Waals surface area (Å²) in [5.74, 6) is 1.65. The van der Waals surface area contributed by atoms with Crippen LogP contribution < -0.4 is 4.90 Å². The van der Waals surface area contributed by atoms with Gasteiger partial charge in [-0.25, -0.2) is 9.97 Å². The van der Waals surface area contributed by atoms with Gasteiger partial charge in [0, 0.05) is 18.8 Å². The Labute approximate surface area is 91.0 Å². The number of aliphatic hydroxyl groups is 1. The van der Waals surface area contributed by atoms with Crippen molar-refractivity contribution in [2.75, 3.05) is 18.6 Å². The lowest BCUT2D eigenvalue weighted by molar-refractivity contribution is 0.269. The van der Waals surface area contributed by atoms with E-state index in [9.17, 15) is 0 Å². The molecule has 0 saturated carbocycles. The van der Waals surface area contributed by atoms with Gasteiger partial charge < -0.3 is 10.0 Å². The molecule has 1 aromatic heterocycles. The van der Waals surface area contributed by atoms with E-state index in [1.807, 2.05) is 31.9 Å². The van der Waals surface area contributed by atoms with Crippen LogP contribution in [0.4, 0.5) is 5.82 Å². The molecule has 1 rings (SSSR count). The number of rotatable bonds is 4. The molecular formula is C11H19N3O. The van der Waals surface area contributed by atoms with Gasteiger partial charge >= 0.3 is 0 Å². The minimum Gasteiger partial charge on any atom is -0.394 e. The van der Waals surface area contributed by atoms with E-state index in [4.69, 9.17) is 5.11 Å². The van der Waals surface area contributed by atoms with Crippen molar-refractivity contribution in [2.45, 2.75) is 33.2 Å². The number of hydrogen-bond acceptors (Lipinski definition) is 4. The Kier molecular flexibility index (Phi) is 4.03. The van der Waals surface area contributed by atoms with E-state index >= 15 is 0 Å². The van der Waals surface area contributed by atoms with Gasteiger partial charge in [0.25, 0.3) is 0 Å². The SMILES string of the molecule is CCc1cc(N(C)C(C)CO)nc(C)n1. The molecule has 4 nitrogen and oxygen atoms in total. The van der Waals surface area contributed by atoms with Crippen LogP contribution in [0.3, 0.4) is 0 Å². The maximum absolute atomic E-state index is 9.08. The van der Waals surface area contributed by atoms with Gasteiger partial charge in [0.15, 0.2) is 0 Å². The highest BCUT2D eigenvalue weighted by Gasteiger charge is 2.11. The van der Waals surface area contributed by atoms with E-state index in [1.54, 1.807) is 0 Å². The van der Waals surface area contributed by atoms with Crippen molar-refractivity contribution in [3.05, 3.63) is 17.6 Å². The fourth-order valence-corrected chi connectivity index (χ4v) is 1.32. The molecule has 0 aromatic carbocycles. The summed E-state index contributed by atoms with van der Waals surface area (Å²) in [6.07, 6.45) is 0.901. The quantitative estimate of drug-likeness (QED) is 0.808. The highest BCUT2D eigenvalue weighted by molar-refractivity contribution is 5.40. The van der Waals surface area contributed by atoms with Crippen molar-refractivity contribution in [3.8, 4) is 0 Å². The van der Waals surface area contributed by atoms with Gasteiger partial charge in [0.2, 0.25) is 0 Å². The lowest BCUT2D eigenvalue weighted by Gasteiger charge is -2.24. The number of anilines is 1. The predicted octanol–water partition coefficient (Wildman–Crippen LogP) is 1.16. The van der Waals surface area contributed by atoms with E-state index in [-0.39, 0.29) is 12.6 Å². The smallest absolute Gasteiger partial charge is 0.132 e. The molecule has 4 heteroatoms. The largest absolute Gasteiger partial charge is 0.394 e. The molecule has 0 aliphatic rings. The highest BCUT2D eigenvalue weighted by Crippen LogP contribution is 2.13. The molecule has 0 aliphatic carbocycles. The van der Waals surface area contributed by atoms with Gasteiger partial charge in [0.05, 0.1) is 12.6 Å². The molecule has 0 aliphatic heterocycles. The molecule has 15 heavy (non-hydrogen) atoms. The summed E-state index contributed by atoms with van der Waals surface area (Å²) in [6.45, 7) is 6.05. The maximum atomic E-state index is 9.08. The van der Waals surface area contributed by atoms with Crippen molar-refractivity contribution in [2.24, 2.45) is 0 Å². The van der Waals surface area contributed by atoms with E-state index in [1.165, 1.54) is 0 Å². The zero-order chi connectivity index (χ0) is 11.4. The van der Waals surface area contributed by atoms with E-state index < -0.39 is 0 Å². The molecule has 0 fully saturated rings. The molecule has 1 unspecified atom stereocenters. The predicted molar refractivity (Wildman–Crippen MR) is 61.1 cm³/mol. The molecule has 1 heterocycles. The summed E-state index contributed by atoms with van der Waals surface area (Å²) in [5.41, 5.74) is 1.04. The van der Waals surface area contributed by atoms with Gasteiger partial charge in [-0.15, -0.1) is 0 Å². The second-order valence-electron chi connectivity index (χ2n) is 3.76. The van der Waals surface area contributed by atoms with Gasteiger partial charge in [0.1, 0.15) is 11.6 Å². The first-order valence-electron chi connectivity index (χ1n) is 5.26. The maximum Gasteiger partial charge on any atom is 0.132 e. The Hall–Kier alpha value is -1.16. The van der Waals surface area contributed by atoms with Crippen molar-refractivity contribution in [1.82, 2.24) is 9.97 Å². The van der Waals surface area contributed by atoms with Crippen molar-refractivity contribution in [1.29, 1.82) is 0 Å². The first kappa shape index (κ1) is 11.9. The minimum atomic E-state index is 0.0732. The number of aryl methyl sites for hydroxylation is 2. The van der Waals surface area contributed by atoms with Crippen LogP contribution in [0.5, 0.6) is 0 Å². The summed E-state index contributed by atoms with van der Waals surface area (Å²) in [4.78, 5) is 10.6. The molecular weight excluding hydrogens is 190 g/mol. The fourth-order valence-electron chi connectivity index (χ4n) is 1.32.